The van der Waals surface area contributed by atoms with E-state index in [1.807, 2.05) is 0 Å². The summed E-state index contributed by atoms with van der Waals surface area (Å²) < 4.78 is 13.3. The van der Waals surface area contributed by atoms with Crippen LogP contribution < -0.4 is 5.73 Å². The molecule has 14 heavy (non-hydrogen) atoms. The predicted octanol–water partition coefficient (Wildman–Crippen LogP) is 0.992. The second-order valence-electron chi connectivity index (χ2n) is 2.87. The van der Waals surface area contributed by atoms with Gasteiger partial charge in [-0.25, -0.2) is 9.37 Å². The van der Waals surface area contributed by atoms with E-state index >= 15 is 0 Å². The van der Waals surface area contributed by atoms with Crippen molar-refractivity contribution in [1.82, 2.24) is 15.2 Å². The maximum Gasteiger partial charge on any atom is 0.145 e. The monoisotopic (exact) mass is 192 g/mol. The van der Waals surface area contributed by atoms with Gasteiger partial charge in [-0.05, 0) is 6.07 Å². The van der Waals surface area contributed by atoms with Gasteiger partial charge in [0.2, 0.25) is 0 Å². The summed E-state index contributed by atoms with van der Waals surface area (Å²) in [5.41, 5.74) is 6.19. The highest BCUT2D eigenvalue weighted by molar-refractivity contribution is 5.25. The van der Waals surface area contributed by atoms with E-state index in [1.165, 1.54) is 12.4 Å². The van der Waals surface area contributed by atoms with Crippen LogP contribution in [0.5, 0.6) is 0 Å². The first-order valence-corrected chi connectivity index (χ1v) is 4.14. The number of halogens is 1. The summed E-state index contributed by atoms with van der Waals surface area (Å²) >= 11 is 0. The van der Waals surface area contributed by atoms with E-state index in [2.05, 4.69) is 15.2 Å². The van der Waals surface area contributed by atoms with Crippen molar-refractivity contribution < 1.29 is 4.39 Å². The van der Waals surface area contributed by atoms with E-state index in [9.17, 15) is 4.39 Å². The van der Waals surface area contributed by atoms with Crippen LogP contribution in [0.1, 0.15) is 17.4 Å². The Labute approximate surface area is 80.0 Å². The Morgan fingerprint density at radius 3 is 2.79 bits per heavy atom. The van der Waals surface area contributed by atoms with Gasteiger partial charge in [0, 0.05) is 5.56 Å². The molecule has 0 aliphatic heterocycles. The molecule has 5 heteroatoms. The molecule has 1 unspecified atom stereocenters. The average Bonchev–Trinajstić information content (AvgIpc) is 2.70. The number of rotatable bonds is 2. The van der Waals surface area contributed by atoms with Crippen molar-refractivity contribution in [1.29, 1.82) is 0 Å². The molecule has 1 atom stereocenters. The van der Waals surface area contributed by atoms with Crippen LogP contribution in [0.3, 0.4) is 0 Å². The molecule has 2 rings (SSSR count). The lowest BCUT2D eigenvalue weighted by molar-refractivity contribution is 0.594. The smallest absolute Gasteiger partial charge is 0.145 e. The van der Waals surface area contributed by atoms with E-state index in [0.29, 0.717) is 11.4 Å². The van der Waals surface area contributed by atoms with E-state index in [1.54, 1.807) is 18.2 Å². The molecule has 0 amide bonds. The molecular formula is C9H9FN4. The first kappa shape index (κ1) is 8.83. The third-order valence-corrected chi connectivity index (χ3v) is 1.97. The van der Waals surface area contributed by atoms with Gasteiger partial charge in [-0.2, -0.15) is 5.10 Å². The molecule has 1 aromatic heterocycles. The lowest BCUT2D eigenvalue weighted by Gasteiger charge is -2.08. The molecule has 0 fully saturated rings. The Balaban J connectivity index is 2.37. The Kier molecular flexibility index (Phi) is 2.24. The standard InChI is InChI=1S/C9H9FN4/c10-7-4-2-1-3-6(7)8(11)9-12-5-13-14-9/h1-5,8H,11H2,(H,12,13,14). The summed E-state index contributed by atoms with van der Waals surface area (Å²) in [7, 11) is 0. The first-order chi connectivity index (χ1) is 6.79. The Morgan fingerprint density at radius 2 is 2.14 bits per heavy atom. The third kappa shape index (κ3) is 1.49. The van der Waals surface area contributed by atoms with Gasteiger partial charge in [-0.15, -0.1) is 0 Å². The second kappa shape index (κ2) is 3.55. The molecule has 1 aromatic carbocycles. The number of nitrogens with zero attached hydrogens (tertiary/aromatic N) is 2. The minimum absolute atomic E-state index is 0.337. The Morgan fingerprint density at radius 1 is 1.36 bits per heavy atom. The quantitative estimate of drug-likeness (QED) is 0.745. The van der Waals surface area contributed by atoms with Crippen LogP contribution in [0.15, 0.2) is 30.6 Å². The lowest BCUT2D eigenvalue weighted by Crippen LogP contribution is -2.15. The van der Waals surface area contributed by atoms with Gasteiger partial charge >= 0.3 is 0 Å². The van der Waals surface area contributed by atoms with Gasteiger partial charge < -0.3 is 5.73 Å². The van der Waals surface area contributed by atoms with Crippen molar-refractivity contribution in [2.24, 2.45) is 5.73 Å². The normalized spacial score (nSPS) is 12.7. The predicted molar refractivity (Wildman–Crippen MR) is 48.8 cm³/mol. The number of aromatic nitrogens is 3. The molecule has 0 aliphatic carbocycles. The van der Waals surface area contributed by atoms with E-state index in [-0.39, 0.29) is 5.82 Å². The van der Waals surface area contributed by atoms with Crippen molar-refractivity contribution in [3.63, 3.8) is 0 Å². The number of nitrogens with one attached hydrogen (secondary N) is 1. The average molecular weight is 192 g/mol. The molecule has 0 saturated heterocycles. The van der Waals surface area contributed by atoms with Crippen LogP contribution in [-0.4, -0.2) is 15.2 Å². The van der Waals surface area contributed by atoms with Gasteiger partial charge in [0.25, 0.3) is 0 Å². The lowest BCUT2D eigenvalue weighted by atomic mass is 10.1. The summed E-state index contributed by atoms with van der Waals surface area (Å²) in [6.45, 7) is 0. The van der Waals surface area contributed by atoms with Gasteiger partial charge in [0.05, 0.1) is 6.04 Å². The van der Waals surface area contributed by atoms with Crippen LogP contribution in [0.4, 0.5) is 4.39 Å². The molecule has 4 nitrogen and oxygen atoms in total. The highest BCUT2D eigenvalue weighted by Crippen LogP contribution is 2.18. The molecular weight excluding hydrogens is 183 g/mol. The Hall–Kier alpha value is -1.75. The molecule has 3 N–H and O–H groups in total. The van der Waals surface area contributed by atoms with E-state index in [0.717, 1.165) is 0 Å². The zero-order chi connectivity index (χ0) is 9.97. The minimum Gasteiger partial charge on any atom is -0.318 e. The number of benzene rings is 1. The van der Waals surface area contributed by atoms with Gasteiger partial charge in [-0.1, -0.05) is 18.2 Å². The number of nitrogens with two attached hydrogens (primary N) is 1. The molecule has 0 radical (unpaired) electrons. The minimum atomic E-state index is -0.598. The van der Waals surface area contributed by atoms with Crippen molar-refractivity contribution in [2.45, 2.75) is 6.04 Å². The number of hydrogen-bond acceptors (Lipinski definition) is 3. The third-order valence-electron chi connectivity index (χ3n) is 1.97. The molecule has 0 bridgehead atoms. The molecule has 0 aliphatic rings. The molecule has 0 saturated carbocycles. The van der Waals surface area contributed by atoms with E-state index in [4.69, 9.17) is 5.73 Å². The summed E-state index contributed by atoms with van der Waals surface area (Å²) in [5, 5.41) is 6.27. The second-order valence-corrected chi connectivity index (χ2v) is 2.87. The van der Waals surface area contributed by atoms with Gasteiger partial charge in [0.1, 0.15) is 18.0 Å². The van der Waals surface area contributed by atoms with Crippen molar-refractivity contribution >= 4 is 0 Å². The summed E-state index contributed by atoms with van der Waals surface area (Å²) in [6, 6.07) is 5.74. The zero-order valence-electron chi connectivity index (χ0n) is 7.31. The summed E-state index contributed by atoms with van der Waals surface area (Å²) in [5.74, 6) is 0.117. The van der Waals surface area contributed by atoms with Crippen molar-refractivity contribution in [3.05, 3.63) is 47.8 Å². The highest BCUT2D eigenvalue weighted by Gasteiger charge is 2.14. The maximum atomic E-state index is 13.3. The van der Waals surface area contributed by atoms with Crippen LogP contribution in [0.2, 0.25) is 0 Å². The number of aromatic amines is 1. The van der Waals surface area contributed by atoms with Crippen LogP contribution in [0, 0.1) is 5.82 Å². The summed E-state index contributed by atoms with van der Waals surface area (Å²) in [4.78, 5) is 3.88. The zero-order valence-corrected chi connectivity index (χ0v) is 7.31. The fraction of sp³-hybridized carbons (Fsp3) is 0.111. The van der Waals surface area contributed by atoms with Crippen molar-refractivity contribution in [3.8, 4) is 0 Å². The largest absolute Gasteiger partial charge is 0.318 e. The SMILES string of the molecule is NC(c1ncn[nH]1)c1ccccc1F. The first-order valence-electron chi connectivity index (χ1n) is 4.14. The van der Waals surface area contributed by atoms with Crippen LogP contribution >= 0.6 is 0 Å². The highest BCUT2D eigenvalue weighted by atomic mass is 19.1. The van der Waals surface area contributed by atoms with Gasteiger partial charge in [0.15, 0.2) is 0 Å². The molecule has 2 aromatic rings. The summed E-state index contributed by atoms with van der Waals surface area (Å²) in [6.07, 6.45) is 1.34. The van der Waals surface area contributed by atoms with Crippen LogP contribution in [-0.2, 0) is 0 Å². The fourth-order valence-electron chi connectivity index (χ4n) is 1.24. The van der Waals surface area contributed by atoms with Gasteiger partial charge in [-0.3, -0.25) is 5.10 Å². The number of hydrogen-bond donors (Lipinski definition) is 2. The van der Waals surface area contributed by atoms with Crippen molar-refractivity contribution in [2.75, 3.05) is 0 Å². The topological polar surface area (TPSA) is 67.6 Å². The fourth-order valence-corrected chi connectivity index (χ4v) is 1.24. The molecule has 1 heterocycles. The molecule has 72 valence electrons. The maximum absolute atomic E-state index is 13.3. The number of H-pyrrole nitrogens is 1. The van der Waals surface area contributed by atoms with E-state index < -0.39 is 6.04 Å². The Bertz CT molecular complexity index is 413. The van der Waals surface area contributed by atoms with Crippen LogP contribution in [0.25, 0.3) is 0 Å². The molecule has 0 spiro atoms.